The molecule has 1 aromatic carbocycles. The highest BCUT2D eigenvalue weighted by atomic mass is 35.5. The van der Waals surface area contributed by atoms with Gasteiger partial charge in [-0.25, -0.2) is 0 Å². The first-order valence-electron chi connectivity index (χ1n) is 5.42. The van der Waals surface area contributed by atoms with Crippen molar-refractivity contribution < 1.29 is 14.3 Å². The summed E-state index contributed by atoms with van der Waals surface area (Å²) in [4.78, 5) is 25.7. The zero-order valence-corrected chi connectivity index (χ0v) is 11.4. The molecule has 4 nitrogen and oxygen atoms in total. The molecule has 2 rings (SSSR count). The minimum Gasteiger partial charge on any atom is -0.468 e. The molecule has 0 unspecified atom stereocenters. The average Bonchev–Trinajstić information content (AvgIpc) is 2.51. The first kappa shape index (κ1) is 13.2. The van der Waals surface area contributed by atoms with Gasteiger partial charge in [-0.3, -0.25) is 14.5 Å². The normalized spacial score (nSPS) is 15.0. The molecule has 1 heterocycles. The molecule has 6 heteroatoms. The molecule has 0 radical (unpaired) electrons. The van der Waals surface area contributed by atoms with Gasteiger partial charge in [-0.15, -0.1) is 11.8 Å². The maximum absolute atomic E-state index is 12.0. The smallest absolute Gasteiger partial charge is 0.325 e. The maximum Gasteiger partial charge on any atom is 0.325 e. The molecule has 0 spiro atoms. The fourth-order valence-electron chi connectivity index (χ4n) is 1.74. The van der Waals surface area contributed by atoms with E-state index in [0.29, 0.717) is 22.9 Å². The lowest BCUT2D eigenvalue weighted by Gasteiger charge is -2.22. The van der Waals surface area contributed by atoms with E-state index in [0.717, 1.165) is 4.90 Å². The monoisotopic (exact) mass is 285 g/mol. The number of ether oxygens (including phenoxy) is 1. The molecule has 0 bridgehead atoms. The van der Waals surface area contributed by atoms with Crippen LogP contribution in [0.5, 0.6) is 0 Å². The van der Waals surface area contributed by atoms with Crippen molar-refractivity contribution in [3.8, 4) is 0 Å². The van der Waals surface area contributed by atoms with Crippen LogP contribution in [0.25, 0.3) is 0 Å². The van der Waals surface area contributed by atoms with Gasteiger partial charge in [-0.1, -0.05) is 17.7 Å². The van der Waals surface area contributed by atoms with E-state index in [1.165, 1.54) is 12.0 Å². The molecule has 0 saturated heterocycles. The number of esters is 1. The van der Waals surface area contributed by atoms with Crippen LogP contribution in [0.15, 0.2) is 23.1 Å². The molecular formula is C12H12ClNO3S. The number of halogens is 1. The van der Waals surface area contributed by atoms with Crippen LogP contribution >= 0.6 is 23.4 Å². The number of rotatable bonds is 2. The number of benzene rings is 1. The number of carbonyl (C=O) groups excluding carboxylic acids is 2. The Bertz CT molecular complexity index is 492. The van der Waals surface area contributed by atoms with E-state index in [1.807, 2.05) is 12.1 Å². The number of hydrogen-bond donors (Lipinski definition) is 0. The van der Waals surface area contributed by atoms with Crippen LogP contribution in [0.3, 0.4) is 0 Å². The number of methoxy groups -OCH3 is 1. The lowest BCUT2D eigenvalue weighted by Crippen LogP contribution is -2.36. The van der Waals surface area contributed by atoms with E-state index in [1.54, 1.807) is 17.8 Å². The van der Waals surface area contributed by atoms with Crippen LogP contribution in [0.2, 0.25) is 5.02 Å². The molecule has 18 heavy (non-hydrogen) atoms. The SMILES string of the molecule is COC(=O)CN1C(=O)CCSc2cccc(Cl)c21. The molecule has 0 aliphatic carbocycles. The van der Waals surface area contributed by atoms with Gasteiger partial charge < -0.3 is 4.74 Å². The van der Waals surface area contributed by atoms with Crippen molar-refractivity contribution >= 4 is 40.9 Å². The number of anilines is 1. The largest absolute Gasteiger partial charge is 0.468 e. The maximum atomic E-state index is 12.0. The summed E-state index contributed by atoms with van der Waals surface area (Å²) in [7, 11) is 1.30. The third kappa shape index (κ3) is 2.62. The number of amides is 1. The van der Waals surface area contributed by atoms with Gasteiger partial charge in [0.05, 0.1) is 17.8 Å². The first-order chi connectivity index (χ1) is 8.63. The summed E-state index contributed by atoms with van der Waals surface area (Å²) < 4.78 is 4.61. The lowest BCUT2D eigenvalue weighted by molar-refractivity contribution is -0.140. The van der Waals surface area contributed by atoms with Crippen LogP contribution in [-0.2, 0) is 14.3 Å². The van der Waals surface area contributed by atoms with Crippen molar-refractivity contribution in [3.63, 3.8) is 0 Å². The third-order valence-corrected chi connectivity index (χ3v) is 3.96. The number of para-hydroxylation sites is 1. The Hall–Kier alpha value is -1.20. The lowest BCUT2D eigenvalue weighted by atomic mass is 10.2. The van der Waals surface area contributed by atoms with Crippen LogP contribution in [0.4, 0.5) is 5.69 Å². The molecule has 1 amide bonds. The predicted octanol–water partition coefficient (Wildman–Crippen LogP) is 2.34. The Kier molecular flexibility index (Phi) is 4.14. The quantitative estimate of drug-likeness (QED) is 0.783. The fourth-order valence-corrected chi connectivity index (χ4v) is 3.10. The average molecular weight is 286 g/mol. The summed E-state index contributed by atoms with van der Waals surface area (Å²) in [5, 5.41) is 0.471. The van der Waals surface area contributed by atoms with E-state index in [4.69, 9.17) is 11.6 Å². The van der Waals surface area contributed by atoms with Crippen LogP contribution in [-0.4, -0.2) is 31.3 Å². The summed E-state index contributed by atoms with van der Waals surface area (Å²) in [6.07, 6.45) is 0.382. The second kappa shape index (κ2) is 5.63. The third-order valence-electron chi connectivity index (χ3n) is 2.61. The van der Waals surface area contributed by atoms with Crippen LogP contribution in [0, 0.1) is 0 Å². The highest BCUT2D eigenvalue weighted by Gasteiger charge is 2.26. The molecule has 96 valence electrons. The predicted molar refractivity (Wildman–Crippen MR) is 71.2 cm³/mol. The van der Waals surface area contributed by atoms with E-state index < -0.39 is 5.97 Å². The van der Waals surface area contributed by atoms with Gasteiger partial charge in [0, 0.05) is 17.1 Å². The summed E-state index contributed by atoms with van der Waals surface area (Å²) in [6.45, 7) is -0.105. The Balaban J connectivity index is 2.43. The molecule has 0 N–H and O–H groups in total. The molecule has 1 aromatic rings. The van der Waals surface area contributed by atoms with Crippen molar-refractivity contribution in [1.82, 2.24) is 0 Å². The van der Waals surface area contributed by atoms with E-state index in [-0.39, 0.29) is 12.5 Å². The highest BCUT2D eigenvalue weighted by molar-refractivity contribution is 7.99. The standard InChI is InChI=1S/C12H12ClNO3S/c1-17-11(16)7-14-10(15)5-6-18-9-4-2-3-8(13)12(9)14/h2-4H,5-7H2,1H3. The molecule has 0 fully saturated rings. The molecule has 1 aliphatic rings. The Labute approximate surface area is 114 Å². The summed E-state index contributed by atoms with van der Waals surface area (Å²) in [6, 6.07) is 5.44. The van der Waals surface area contributed by atoms with Gasteiger partial charge in [0.15, 0.2) is 0 Å². The molecule has 1 aliphatic heterocycles. The molecule has 0 saturated carbocycles. The second-order valence-corrected chi connectivity index (χ2v) is 5.29. The van der Waals surface area contributed by atoms with Crippen molar-refractivity contribution in [2.24, 2.45) is 0 Å². The summed E-state index contributed by atoms with van der Waals surface area (Å²) in [5.41, 5.74) is 0.608. The Morgan fingerprint density at radius 3 is 3.06 bits per heavy atom. The van der Waals surface area contributed by atoms with E-state index in [2.05, 4.69) is 4.74 Å². The van der Waals surface area contributed by atoms with Crippen molar-refractivity contribution in [2.45, 2.75) is 11.3 Å². The van der Waals surface area contributed by atoms with E-state index in [9.17, 15) is 9.59 Å². The van der Waals surface area contributed by atoms with Gasteiger partial charge in [-0.05, 0) is 12.1 Å². The van der Waals surface area contributed by atoms with Gasteiger partial charge in [-0.2, -0.15) is 0 Å². The summed E-state index contributed by atoms with van der Waals surface area (Å²) in [5.74, 6) is 0.116. The number of thioether (sulfide) groups is 1. The Morgan fingerprint density at radius 1 is 1.56 bits per heavy atom. The first-order valence-corrected chi connectivity index (χ1v) is 6.78. The zero-order valence-electron chi connectivity index (χ0n) is 9.81. The summed E-state index contributed by atoms with van der Waals surface area (Å²) >= 11 is 7.71. The van der Waals surface area contributed by atoms with Gasteiger partial charge in [0.1, 0.15) is 6.54 Å². The number of hydrogen-bond acceptors (Lipinski definition) is 4. The molecular weight excluding hydrogens is 274 g/mol. The van der Waals surface area contributed by atoms with Gasteiger partial charge in [0.25, 0.3) is 0 Å². The number of nitrogens with zero attached hydrogens (tertiary/aromatic N) is 1. The second-order valence-electron chi connectivity index (χ2n) is 3.74. The number of fused-ring (bicyclic) bond motifs is 1. The zero-order chi connectivity index (χ0) is 13.1. The molecule has 0 aromatic heterocycles. The van der Waals surface area contributed by atoms with Gasteiger partial charge in [0.2, 0.25) is 5.91 Å². The molecule has 0 atom stereocenters. The van der Waals surface area contributed by atoms with E-state index >= 15 is 0 Å². The minimum atomic E-state index is -0.457. The van der Waals surface area contributed by atoms with Crippen LogP contribution < -0.4 is 4.90 Å². The highest BCUT2D eigenvalue weighted by Crippen LogP contribution is 2.39. The fraction of sp³-hybridized carbons (Fsp3) is 0.333. The van der Waals surface area contributed by atoms with Crippen molar-refractivity contribution in [2.75, 3.05) is 24.3 Å². The van der Waals surface area contributed by atoms with Crippen molar-refractivity contribution in [3.05, 3.63) is 23.2 Å². The Morgan fingerprint density at radius 2 is 2.33 bits per heavy atom. The van der Waals surface area contributed by atoms with Crippen molar-refractivity contribution in [1.29, 1.82) is 0 Å². The topological polar surface area (TPSA) is 46.6 Å². The van der Waals surface area contributed by atoms with Crippen LogP contribution in [0.1, 0.15) is 6.42 Å². The minimum absolute atomic E-state index is 0.105. The number of carbonyl (C=O) groups is 2. The van der Waals surface area contributed by atoms with Gasteiger partial charge >= 0.3 is 5.97 Å².